The third-order valence-electron chi connectivity index (χ3n) is 7.52. The first kappa shape index (κ1) is 27.2. The number of aromatic nitrogens is 3. The summed E-state index contributed by atoms with van der Waals surface area (Å²) in [5.74, 6) is 1.21. The number of nitrogens with two attached hydrogens (primary N) is 1. The van der Waals surface area contributed by atoms with E-state index in [1.54, 1.807) is 24.4 Å². The van der Waals surface area contributed by atoms with Crippen LogP contribution < -0.4 is 10.5 Å². The van der Waals surface area contributed by atoms with Gasteiger partial charge in [-0.15, -0.1) is 0 Å². The van der Waals surface area contributed by atoms with Gasteiger partial charge in [0.25, 0.3) is 0 Å². The predicted molar refractivity (Wildman–Crippen MR) is 154 cm³/mol. The van der Waals surface area contributed by atoms with E-state index in [2.05, 4.69) is 31.7 Å². The molecule has 0 saturated carbocycles. The van der Waals surface area contributed by atoms with E-state index in [9.17, 15) is 4.39 Å². The molecule has 2 aromatic heterocycles. The van der Waals surface area contributed by atoms with Crippen molar-refractivity contribution >= 4 is 34.2 Å². The summed E-state index contributed by atoms with van der Waals surface area (Å²) in [6, 6.07) is 14.3. The van der Waals surface area contributed by atoms with E-state index < -0.39 is 0 Å². The highest BCUT2D eigenvalue weighted by Gasteiger charge is 2.24. The minimum Gasteiger partial charge on any atom is -0.489 e. The molecule has 1 atom stereocenters. The normalized spacial score (nSPS) is 17.9. The lowest BCUT2D eigenvalue weighted by molar-refractivity contribution is -0.0592. The van der Waals surface area contributed by atoms with Gasteiger partial charge in [0.1, 0.15) is 29.5 Å². The number of fused-ring (bicyclic) bond motifs is 1. The van der Waals surface area contributed by atoms with Crippen molar-refractivity contribution in [3.05, 3.63) is 94.2 Å². The Morgan fingerprint density at radius 1 is 1.24 bits per heavy atom. The monoisotopic (exact) mass is 576 g/mol. The standard InChI is InChI=1S/C30H30ClFN6O3/c31-23-5-4-21(26(32)14-23)18-41-24-3-1-2-20(12-24)19-6-9-37(10-7-19)17-28-35-27-13-22(29(33)36-39)15-34-30(27)38(28)16-25-8-11-40-25/h1-6,12-15,25,39H,7-11,16-18H2,(H2,33,36)/t25-/m0/s1. The number of benzene rings is 2. The molecular weight excluding hydrogens is 547 g/mol. The number of amidine groups is 1. The van der Waals surface area contributed by atoms with Gasteiger partial charge in [-0.25, -0.2) is 14.4 Å². The van der Waals surface area contributed by atoms with Gasteiger partial charge in [0.05, 0.1) is 19.2 Å². The molecule has 6 rings (SSSR count). The van der Waals surface area contributed by atoms with Crippen molar-refractivity contribution in [2.45, 2.75) is 38.6 Å². The van der Waals surface area contributed by atoms with Gasteiger partial charge in [-0.2, -0.15) is 0 Å². The van der Waals surface area contributed by atoms with Gasteiger partial charge in [-0.05, 0) is 54.3 Å². The molecule has 4 heterocycles. The molecule has 0 aliphatic carbocycles. The quantitative estimate of drug-likeness (QED) is 0.125. The third kappa shape index (κ3) is 6.04. The molecule has 0 amide bonds. The van der Waals surface area contributed by atoms with Crippen molar-refractivity contribution in [2.24, 2.45) is 10.9 Å². The van der Waals surface area contributed by atoms with Gasteiger partial charge in [0.15, 0.2) is 11.5 Å². The zero-order chi connectivity index (χ0) is 28.3. The Bertz CT molecular complexity index is 1630. The van der Waals surface area contributed by atoms with Crippen LogP contribution in [0.25, 0.3) is 16.7 Å². The van der Waals surface area contributed by atoms with Crippen LogP contribution in [0.5, 0.6) is 5.75 Å². The lowest BCUT2D eigenvalue weighted by atomic mass is 9.99. The molecule has 2 aliphatic heterocycles. The number of hydrogen-bond donors (Lipinski definition) is 2. The van der Waals surface area contributed by atoms with Crippen LogP contribution in [-0.4, -0.2) is 56.3 Å². The zero-order valence-electron chi connectivity index (χ0n) is 22.3. The zero-order valence-corrected chi connectivity index (χ0v) is 23.1. The van der Waals surface area contributed by atoms with Crippen molar-refractivity contribution in [1.82, 2.24) is 19.4 Å². The molecule has 0 unspecified atom stereocenters. The first-order chi connectivity index (χ1) is 20.0. The van der Waals surface area contributed by atoms with E-state index in [1.165, 1.54) is 11.6 Å². The molecule has 0 radical (unpaired) electrons. The van der Waals surface area contributed by atoms with Crippen LogP contribution >= 0.6 is 11.6 Å². The Morgan fingerprint density at radius 2 is 2.12 bits per heavy atom. The Balaban J connectivity index is 1.15. The Morgan fingerprint density at radius 3 is 2.85 bits per heavy atom. The van der Waals surface area contributed by atoms with Crippen molar-refractivity contribution < 1.29 is 19.1 Å². The molecule has 2 aromatic carbocycles. The fourth-order valence-corrected chi connectivity index (χ4v) is 5.26. The summed E-state index contributed by atoms with van der Waals surface area (Å²) in [5, 5.41) is 12.5. The van der Waals surface area contributed by atoms with Crippen molar-refractivity contribution in [3.63, 3.8) is 0 Å². The average molecular weight is 577 g/mol. The van der Waals surface area contributed by atoms with Crippen LogP contribution in [-0.2, 0) is 24.4 Å². The topological polar surface area (TPSA) is 111 Å². The summed E-state index contributed by atoms with van der Waals surface area (Å²) in [6.45, 7) is 3.87. The lowest BCUT2D eigenvalue weighted by Crippen LogP contribution is -2.33. The van der Waals surface area contributed by atoms with Gasteiger partial charge in [0.2, 0.25) is 0 Å². The molecule has 11 heteroatoms. The molecule has 0 bridgehead atoms. The molecule has 2 aliphatic rings. The first-order valence-corrected chi connectivity index (χ1v) is 13.9. The summed E-state index contributed by atoms with van der Waals surface area (Å²) in [7, 11) is 0. The number of hydrogen-bond acceptors (Lipinski definition) is 7. The third-order valence-corrected chi connectivity index (χ3v) is 7.75. The average Bonchev–Trinajstić information content (AvgIpc) is 3.30. The van der Waals surface area contributed by atoms with Crippen LogP contribution in [0.15, 0.2) is 66.0 Å². The second kappa shape index (κ2) is 11.9. The molecule has 9 nitrogen and oxygen atoms in total. The molecule has 1 saturated heterocycles. The highest BCUT2D eigenvalue weighted by atomic mass is 35.5. The number of pyridine rings is 1. The van der Waals surface area contributed by atoms with Crippen molar-refractivity contribution in [2.75, 3.05) is 19.7 Å². The number of oxime groups is 1. The second-order valence-corrected chi connectivity index (χ2v) is 10.7. The molecular formula is C30H30ClFN6O3. The Kier molecular flexibility index (Phi) is 7.86. The smallest absolute Gasteiger partial charge is 0.171 e. The van der Waals surface area contributed by atoms with Gasteiger partial charge >= 0.3 is 0 Å². The maximum Gasteiger partial charge on any atom is 0.171 e. The molecule has 4 aromatic rings. The van der Waals surface area contributed by atoms with Gasteiger partial charge in [0, 0.05) is 42.0 Å². The van der Waals surface area contributed by atoms with E-state index in [1.807, 2.05) is 18.2 Å². The highest BCUT2D eigenvalue weighted by Crippen LogP contribution is 2.28. The van der Waals surface area contributed by atoms with Crippen LogP contribution in [0.1, 0.15) is 35.4 Å². The lowest BCUT2D eigenvalue weighted by Gasteiger charge is -2.29. The predicted octanol–water partition coefficient (Wildman–Crippen LogP) is 4.98. The number of halogens is 2. The van der Waals surface area contributed by atoms with Crippen molar-refractivity contribution in [1.29, 1.82) is 0 Å². The van der Waals surface area contributed by atoms with E-state index in [-0.39, 0.29) is 24.4 Å². The van der Waals surface area contributed by atoms with Crippen molar-refractivity contribution in [3.8, 4) is 5.75 Å². The number of imidazole rings is 1. The van der Waals surface area contributed by atoms with E-state index >= 15 is 0 Å². The van der Waals surface area contributed by atoms with Crippen LogP contribution in [0.4, 0.5) is 4.39 Å². The highest BCUT2D eigenvalue weighted by molar-refractivity contribution is 6.30. The number of rotatable bonds is 9. The maximum absolute atomic E-state index is 14.1. The summed E-state index contributed by atoms with van der Waals surface area (Å²) in [6.07, 6.45) is 5.86. The van der Waals surface area contributed by atoms with Gasteiger partial charge in [-0.1, -0.05) is 41.0 Å². The second-order valence-electron chi connectivity index (χ2n) is 10.2. The molecule has 41 heavy (non-hydrogen) atoms. The fourth-order valence-electron chi connectivity index (χ4n) is 5.10. The van der Waals surface area contributed by atoms with E-state index in [0.29, 0.717) is 40.5 Å². The SMILES string of the molecule is N/C(=N\O)c1cnc2c(c1)nc(CN1CC=C(c3cccc(OCc4ccc(Cl)cc4F)c3)CC1)n2C[C@@H]1CCO1. The fraction of sp³-hybridized carbons (Fsp3) is 0.300. The largest absolute Gasteiger partial charge is 0.489 e. The summed E-state index contributed by atoms with van der Waals surface area (Å²) in [5.41, 5.74) is 10.5. The summed E-state index contributed by atoms with van der Waals surface area (Å²) in [4.78, 5) is 11.8. The Labute approximate surface area is 241 Å². The van der Waals surface area contributed by atoms with Gasteiger partial charge < -0.3 is 25.0 Å². The van der Waals surface area contributed by atoms with Gasteiger partial charge in [-0.3, -0.25) is 4.90 Å². The van der Waals surface area contributed by atoms with E-state index in [0.717, 1.165) is 49.6 Å². The first-order valence-electron chi connectivity index (χ1n) is 13.5. The molecule has 3 N–H and O–H groups in total. The minimum absolute atomic E-state index is 0.00173. The van der Waals surface area contributed by atoms with E-state index in [4.69, 9.17) is 37.0 Å². The Hall–Kier alpha value is -3.99. The maximum atomic E-state index is 14.1. The number of ether oxygens (including phenoxy) is 2. The minimum atomic E-state index is -0.378. The molecule has 1 fully saturated rings. The summed E-state index contributed by atoms with van der Waals surface area (Å²) < 4.78 is 27.8. The molecule has 0 spiro atoms. The van der Waals surface area contributed by atoms with Crippen LogP contribution in [0, 0.1) is 5.82 Å². The van der Waals surface area contributed by atoms with Crippen LogP contribution in [0.2, 0.25) is 5.02 Å². The number of nitrogens with zero attached hydrogens (tertiary/aromatic N) is 5. The van der Waals surface area contributed by atoms with Crippen LogP contribution in [0.3, 0.4) is 0 Å². The molecule has 212 valence electrons. The summed E-state index contributed by atoms with van der Waals surface area (Å²) >= 11 is 5.85.